The Bertz CT molecular complexity index is 2440. The number of hydrogen-bond donors (Lipinski definition) is 2. The quantitative estimate of drug-likeness (QED) is 0.0188. The maximum atomic E-state index is 14.8. The van der Waals surface area contributed by atoms with Gasteiger partial charge >= 0.3 is 21.8 Å². The van der Waals surface area contributed by atoms with Gasteiger partial charge in [-0.2, -0.15) is 0 Å². The summed E-state index contributed by atoms with van der Waals surface area (Å²) < 4.78 is 123. The van der Waals surface area contributed by atoms with E-state index in [2.05, 4.69) is 83.4 Å². The molecule has 2 saturated heterocycles. The van der Waals surface area contributed by atoms with Crippen LogP contribution in [0.2, 0.25) is 0 Å². The second-order valence-electron chi connectivity index (χ2n) is 28.4. The first-order valence-corrected chi connectivity index (χ1v) is 44.5. The molecule has 0 unspecified atom stereocenters. The number of Topliss-reactive ketones (excluding diaryl/α,β-unsaturated/α-hetero) is 1. The predicted molar refractivity (Wildman–Crippen MR) is 428 cm³/mol. The highest BCUT2D eigenvalue weighted by Crippen LogP contribution is 2.54. The molecule has 108 heavy (non-hydrogen) atoms. The smallest absolute Gasteiger partial charge is 0.430 e. The van der Waals surface area contributed by atoms with Crippen LogP contribution in [0, 0.1) is 0 Å². The van der Waals surface area contributed by atoms with E-state index in [1.54, 1.807) is 7.11 Å². The number of rotatable bonds is 75. The van der Waals surface area contributed by atoms with E-state index in [9.17, 15) is 28.3 Å². The largest absolute Gasteiger partial charge is 0.509 e. The summed E-state index contributed by atoms with van der Waals surface area (Å²) in [6.45, 7) is 25.9. The average Bonchev–Trinajstić information content (AvgIpc) is 0.782. The minimum absolute atomic E-state index is 0.0815. The number of hydrogen-bond acceptors (Lipinski definition) is 21. The molecule has 0 aromatic heterocycles. The topological polar surface area (TPSA) is 265 Å². The van der Waals surface area contributed by atoms with Gasteiger partial charge in [-0.1, -0.05) is 257 Å². The molecule has 2 amide bonds. The van der Waals surface area contributed by atoms with Crippen LogP contribution < -0.4 is 10.6 Å². The molecular weight excluding hydrogens is 1420 g/mol. The van der Waals surface area contributed by atoms with Gasteiger partial charge in [-0.05, 0) is 57.8 Å². The van der Waals surface area contributed by atoms with Gasteiger partial charge in [0, 0.05) is 46.7 Å². The van der Waals surface area contributed by atoms with Crippen molar-refractivity contribution in [1.82, 2.24) is 10.6 Å². The summed E-state index contributed by atoms with van der Waals surface area (Å²) >= 11 is 0. The molecule has 23 nitrogen and oxygen atoms in total. The third-order valence-electron chi connectivity index (χ3n) is 19.0. The van der Waals surface area contributed by atoms with E-state index >= 15 is 0 Å². The SMILES string of the molecule is C=CCOC(=O)O[C@H]1[C@H](OCCCCCCCCCC)[C@@H](NC(=O)CC(=O)CCCCCCCCCCC)[C@@H](OP(=O)(OCC=C)OCC=C)O[C@@H]1CCO[C@@H]1O[C@H](COC)[C@@H](OP(=O)(OCC=C)OCC=C)[C@H](OCC[C@@H](CCCCCCC)OC)[C@H]1NC(=O)CCCCCCCCCC=CCCCCCC. The molecule has 0 saturated carbocycles. The molecule has 0 aromatic carbocycles. The van der Waals surface area contributed by atoms with E-state index in [4.69, 9.17) is 69.8 Å². The third kappa shape index (κ3) is 47.1. The molecule has 2 rings (SSSR count). The van der Waals surface area contributed by atoms with E-state index in [1.807, 2.05) is 0 Å². The lowest BCUT2D eigenvalue weighted by Gasteiger charge is -2.47. The van der Waals surface area contributed by atoms with Gasteiger partial charge < -0.3 is 53.3 Å². The molecule has 626 valence electrons. The van der Waals surface area contributed by atoms with Crippen LogP contribution >= 0.6 is 15.6 Å². The van der Waals surface area contributed by atoms with Crippen molar-refractivity contribution in [2.24, 2.45) is 0 Å². The molecule has 0 spiro atoms. The van der Waals surface area contributed by atoms with Crippen molar-refractivity contribution < 1.29 is 98.1 Å². The summed E-state index contributed by atoms with van der Waals surface area (Å²) in [5.74, 6) is -1.36. The highest BCUT2D eigenvalue weighted by Gasteiger charge is 2.55. The third-order valence-corrected chi connectivity index (χ3v) is 21.8. The number of nitrogens with one attached hydrogen (secondary N) is 2. The minimum Gasteiger partial charge on any atom is -0.430 e. The van der Waals surface area contributed by atoms with Gasteiger partial charge in [-0.25, -0.2) is 13.9 Å². The Balaban J connectivity index is 2.85. The summed E-state index contributed by atoms with van der Waals surface area (Å²) in [7, 11) is -6.07. The number of carbonyl (C=O) groups is 4. The van der Waals surface area contributed by atoms with Crippen LogP contribution in [-0.2, 0) is 93.3 Å². The number of phosphoric acid groups is 2. The van der Waals surface area contributed by atoms with E-state index < -0.39 is 95.4 Å². The van der Waals surface area contributed by atoms with Crippen molar-refractivity contribution in [2.45, 2.75) is 358 Å². The maximum absolute atomic E-state index is 14.8. The predicted octanol–water partition coefficient (Wildman–Crippen LogP) is 20.2. The standard InChI is InChI=1S/C83H148N2O21P2/c1-12-21-25-29-32-35-36-37-38-39-40-42-44-48-52-56-73(87)84-75-80(95-65-57-70(93-11)55-51-46-28-24-15-4)78(105-107(90,98-60-17-6)99-61-18-7)72(68-92-10)103-81(75)96-66-58-71-77(104-83(89)97-59-16-5)79(94-64-53-49-45-34-31-27-23-14-3)76(82(102-71)106-108(91,100-62-19-8)101-63-20-9)85-74(88)67-69(86)54-50-47-43-41-33-30-26-22-13-2/h16-20,35-36,70-72,75-82H,5-9,12-15,21-34,37-68H2,1-4,10-11H3,(H,84,87)(H,85,88)/t70-,71-,72-,75-,76-,77-,78-,79-,80-,81-,82-/m1/s1. The van der Waals surface area contributed by atoms with E-state index in [0.717, 1.165) is 161 Å². The van der Waals surface area contributed by atoms with Crippen LogP contribution in [0.1, 0.15) is 291 Å². The van der Waals surface area contributed by atoms with Crippen LogP contribution in [0.15, 0.2) is 75.4 Å². The van der Waals surface area contributed by atoms with E-state index in [-0.39, 0.29) is 96.5 Å². The first-order valence-electron chi connectivity index (χ1n) is 41.5. The Morgan fingerprint density at radius 1 is 0.435 bits per heavy atom. The van der Waals surface area contributed by atoms with Gasteiger partial charge in [0.25, 0.3) is 0 Å². The Labute approximate surface area is 652 Å². The summed E-state index contributed by atoms with van der Waals surface area (Å²) in [5, 5.41) is 6.10. The first kappa shape index (κ1) is 100. The van der Waals surface area contributed by atoms with Crippen LogP contribution in [0.3, 0.4) is 0 Å². The molecule has 2 fully saturated rings. The zero-order valence-corrected chi connectivity index (χ0v) is 69.5. The zero-order chi connectivity index (χ0) is 79.0. The van der Waals surface area contributed by atoms with Gasteiger partial charge in [-0.3, -0.25) is 41.5 Å². The molecular formula is C83H148N2O21P2. The summed E-state index contributed by atoms with van der Waals surface area (Å²) in [5.41, 5.74) is 0. The molecule has 2 N–H and O–H groups in total. The molecule has 2 aliphatic heterocycles. The van der Waals surface area contributed by atoms with E-state index in [0.29, 0.717) is 25.7 Å². The fourth-order valence-corrected chi connectivity index (χ4v) is 15.6. The van der Waals surface area contributed by atoms with Crippen molar-refractivity contribution >= 4 is 39.4 Å². The lowest BCUT2D eigenvalue weighted by molar-refractivity contribution is -0.283. The van der Waals surface area contributed by atoms with Crippen LogP contribution in [0.4, 0.5) is 4.79 Å². The molecule has 0 bridgehead atoms. The molecule has 2 heterocycles. The summed E-state index contributed by atoms with van der Waals surface area (Å²) in [6, 6.07) is -2.66. The van der Waals surface area contributed by atoms with Gasteiger partial charge in [0.1, 0.15) is 55.0 Å². The number of allylic oxidation sites excluding steroid dienone is 2. The maximum Gasteiger partial charge on any atom is 0.509 e. The van der Waals surface area contributed by atoms with Crippen LogP contribution in [0.5, 0.6) is 0 Å². The molecule has 0 aromatic rings. The molecule has 0 radical (unpaired) electrons. The van der Waals surface area contributed by atoms with Gasteiger partial charge in [0.2, 0.25) is 11.8 Å². The van der Waals surface area contributed by atoms with Crippen molar-refractivity contribution in [2.75, 3.05) is 73.7 Å². The monoisotopic (exact) mass is 1570 g/mol. The van der Waals surface area contributed by atoms with Crippen LogP contribution in [0.25, 0.3) is 0 Å². The number of methoxy groups -OCH3 is 2. The zero-order valence-electron chi connectivity index (χ0n) is 67.8. The number of ether oxygens (including phenoxy) is 9. The number of carbonyl (C=O) groups excluding carboxylic acids is 4. The van der Waals surface area contributed by atoms with Crippen molar-refractivity contribution in [3.8, 4) is 0 Å². The summed E-state index contributed by atoms with van der Waals surface area (Å²) in [4.78, 5) is 56.7. The summed E-state index contributed by atoms with van der Waals surface area (Å²) in [6.07, 6.45) is 36.7. The number of phosphoric ester groups is 2. The van der Waals surface area contributed by atoms with Gasteiger partial charge in [-0.15, -0.1) is 26.3 Å². The lowest BCUT2D eigenvalue weighted by atomic mass is 9.94. The Morgan fingerprint density at radius 2 is 0.870 bits per heavy atom. The van der Waals surface area contributed by atoms with Gasteiger partial charge in [0.15, 0.2) is 18.7 Å². The van der Waals surface area contributed by atoms with Crippen molar-refractivity contribution in [3.63, 3.8) is 0 Å². The Kier molecular flexibility index (Phi) is 61.9. The number of ketones is 1. The number of amides is 2. The lowest BCUT2D eigenvalue weighted by Crippen LogP contribution is -2.66. The van der Waals surface area contributed by atoms with Crippen molar-refractivity contribution in [3.05, 3.63) is 75.4 Å². The first-order chi connectivity index (χ1) is 52.6. The van der Waals surface area contributed by atoms with Gasteiger partial charge in [0.05, 0.1) is 52.2 Å². The highest BCUT2D eigenvalue weighted by molar-refractivity contribution is 7.48. The van der Waals surface area contributed by atoms with E-state index in [1.165, 1.54) is 88.9 Å². The second-order valence-corrected chi connectivity index (χ2v) is 31.6. The Hall–Kier alpha value is -3.74. The minimum atomic E-state index is -4.68. The Morgan fingerprint density at radius 3 is 1.39 bits per heavy atom. The average molecular weight is 1570 g/mol. The molecule has 11 atom stereocenters. The fraction of sp³-hybridized carbons (Fsp3) is 0.807. The molecule has 25 heteroatoms. The van der Waals surface area contributed by atoms with Crippen molar-refractivity contribution in [1.29, 1.82) is 0 Å². The molecule has 0 aliphatic carbocycles. The second kappa shape index (κ2) is 66.7. The fourth-order valence-electron chi connectivity index (χ4n) is 13.1. The number of unbranched alkanes of at least 4 members (excludes halogenated alkanes) is 30. The molecule has 2 aliphatic rings. The highest BCUT2D eigenvalue weighted by atomic mass is 31.2. The van der Waals surface area contributed by atoms with Crippen LogP contribution in [-0.4, -0.2) is 165 Å². The normalized spacial score (nSPS) is 20.6.